The van der Waals surface area contributed by atoms with E-state index in [9.17, 15) is 0 Å². The number of benzene rings is 1. The normalized spacial score (nSPS) is 11.6. The zero-order valence-electron chi connectivity index (χ0n) is 16.8. The highest BCUT2D eigenvalue weighted by Crippen LogP contribution is 2.34. The van der Waals surface area contributed by atoms with Gasteiger partial charge in [-0.15, -0.1) is 10.2 Å². The Hall–Kier alpha value is -3.67. The highest BCUT2D eigenvalue weighted by atomic mass is 35.5. The third kappa shape index (κ3) is 3.44. The van der Waals surface area contributed by atoms with Crippen LogP contribution in [-0.4, -0.2) is 43.5 Å². The summed E-state index contributed by atoms with van der Waals surface area (Å²) in [6, 6.07) is 9.32. The van der Waals surface area contributed by atoms with Crippen LogP contribution in [0.15, 0.2) is 42.9 Å². The van der Waals surface area contributed by atoms with Gasteiger partial charge < -0.3 is 14.0 Å². The quantitative estimate of drug-likeness (QED) is 0.407. The van der Waals surface area contributed by atoms with Crippen molar-refractivity contribution >= 4 is 11.6 Å². The second kappa shape index (κ2) is 7.87. The monoisotopic (exact) mass is 432 g/mol. The number of methoxy groups -OCH3 is 2. The zero-order valence-corrected chi connectivity index (χ0v) is 17.6. The topological polar surface area (TPSA) is 79.9 Å². The van der Waals surface area contributed by atoms with E-state index in [1.54, 1.807) is 26.7 Å². The lowest BCUT2D eigenvalue weighted by Crippen LogP contribution is -2.09. The van der Waals surface area contributed by atoms with Gasteiger partial charge in [-0.1, -0.05) is 11.6 Å². The van der Waals surface area contributed by atoms with Gasteiger partial charge in [-0.25, -0.2) is 9.97 Å². The Morgan fingerprint density at radius 1 is 1.10 bits per heavy atom. The molecule has 0 saturated heterocycles. The van der Waals surface area contributed by atoms with Crippen LogP contribution in [0.2, 0.25) is 5.02 Å². The lowest BCUT2D eigenvalue weighted by Gasteiger charge is -2.08. The first kappa shape index (κ1) is 19.3. The van der Waals surface area contributed by atoms with Gasteiger partial charge in [0.15, 0.2) is 11.6 Å². The Morgan fingerprint density at radius 3 is 2.77 bits per heavy atom. The van der Waals surface area contributed by atoms with Crippen molar-refractivity contribution in [1.82, 2.24) is 29.3 Å². The van der Waals surface area contributed by atoms with E-state index in [4.69, 9.17) is 21.1 Å². The van der Waals surface area contributed by atoms with Crippen molar-refractivity contribution in [2.45, 2.75) is 13.2 Å². The molecule has 4 aromatic rings. The molecule has 8 nitrogen and oxygen atoms in total. The van der Waals surface area contributed by atoms with Crippen molar-refractivity contribution in [3.8, 4) is 34.7 Å². The molecule has 0 radical (unpaired) electrons. The van der Waals surface area contributed by atoms with Crippen LogP contribution in [0.25, 0.3) is 17.1 Å². The number of halogens is 1. The number of imidazole rings is 1. The zero-order chi connectivity index (χ0) is 21.4. The first-order chi connectivity index (χ1) is 15.2. The number of hydrogen-bond acceptors (Lipinski definition) is 6. The highest BCUT2D eigenvalue weighted by Gasteiger charge is 2.25. The summed E-state index contributed by atoms with van der Waals surface area (Å²) in [5.74, 6) is 8.36. The van der Waals surface area contributed by atoms with Gasteiger partial charge in [0.2, 0.25) is 0 Å². The Balaban J connectivity index is 1.64. The summed E-state index contributed by atoms with van der Waals surface area (Å²) < 4.78 is 14.5. The van der Waals surface area contributed by atoms with E-state index in [-0.39, 0.29) is 0 Å². The van der Waals surface area contributed by atoms with Gasteiger partial charge in [-0.2, -0.15) is 0 Å². The molecule has 0 atom stereocenters. The van der Waals surface area contributed by atoms with Crippen LogP contribution in [0.1, 0.15) is 22.9 Å². The number of nitrogens with zero attached hydrogens (tertiary/aromatic N) is 6. The molecule has 9 heteroatoms. The number of rotatable bonds is 3. The number of hydrogen-bond donors (Lipinski definition) is 0. The van der Waals surface area contributed by atoms with E-state index in [2.05, 4.69) is 32.0 Å². The molecule has 0 N–H and O–H groups in total. The minimum Gasteiger partial charge on any atom is -0.495 e. The third-order valence-electron chi connectivity index (χ3n) is 5.02. The molecule has 0 saturated carbocycles. The van der Waals surface area contributed by atoms with Gasteiger partial charge in [0.25, 0.3) is 0 Å². The molecule has 0 bridgehead atoms. The molecule has 4 heterocycles. The number of aromatic nitrogens is 6. The van der Waals surface area contributed by atoms with Crippen molar-refractivity contribution in [3.05, 3.63) is 70.8 Å². The van der Waals surface area contributed by atoms with Crippen molar-refractivity contribution in [2.24, 2.45) is 0 Å². The molecule has 31 heavy (non-hydrogen) atoms. The average molecular weight is 433 g/mol. The second-order valence-electron chi connectivity index (χ2n) is 6.86. The maximum absolute atomic E-state index is 6.29. The van der Waals surface area contributed by atoms with E-state index in [0.29, 0.717) is 41.1 Å². The van der Waals surface area contributed by atoms with Crippen LogP contribution in [0.5, 0.6) is 5.75 Å². The molecular weight excluding hydrogens is 416 g/mol. The maximum atomic E-state index is 6.29. The van der Waals surface area contributed by atoms with E-state index in [1.165, 1.54) is 0 Å². The van der Waals surface area contributed by atoms with Crippen molar-refractivity contribution in [2.75, 3.05) is 14.2 Å². The Labute approximate surface area is 183 Å². The standard InChI is InChI=1S/C22H17ClN6O2/c1-30-12-21-26-27-22-17-9-14(23)3-8-19(17)29-13-25-18(20(29)11-28(21)22)7-5-15-4-6-16(31-2)10-24-15/h3-4,6,8-10,13H,11-12H2,1-2H3. The molecule has 1 aromatic carbocycles. The van der Waals surface area contributed by atoms with Crippen molar-refractivity contribution in [1.29, 1.82) is 0 Å². The first-order valence-corrected chi connectivity index (χ1v) is 9.85. The second-order valence-corrected chi connectivity index (χ2v) is 7.30. The molecule has 0 spiro atoms. The Bertz CT molecular complexity index is 1330. The Kier molecular flexibility index (Phi) is 4.90. The molecule has 154 valence electrons. The Morgan fingerprint density at radius 2 is 2.00 bits per heavy atom. The summed E-state index contributed by atoms with van der Waals surface area (Å²) >= 11 is 6.29. The lowest BCUT2D eigenvalue weighted by molar-refractivity contribution is 0.174. The van der Waals surface area contributed by atoms with Gasteiger partial charge in [0, 0.05) is 17.7 Å². The summed E-state index contributed by atoms with van der Waals surface area (Å²) in [5, 5.41) is 9.34. The fraction of sp³-hybridized carbons (Fsp3) is 0.182. The smallest absolute Gasteiger partial charge is 0.166 e. The fourth-order valence-corrected chi connectivity index (χ4v) is 3.69. The van der Waals surface area contributed by atoms with E-state index in [1.807, 2.05) is 39.5 Å². The van der Waals surface area contributed by atoms with Crippen molar-refractivity contribution < 1.29 is 9.47 Å². The fourth-order valence-electron chi connectivity index (χ4n) is 3.52. The van der Waals surface area contributed by atoms with E-state index >= 15 is 0 Å². The molecule has 1 aliphatic heterocycles. The van der Waals surface area contributed by atoms with Crippen LogP contribution in [0.4, 0.5) is 0 Å². The minimum absolute atomic E-state index is 0.341. The molecule has 3 aromatic heterocycles. The largest absolute Gasteiger partial charge is 0.495 e. The van der Waals surface area contributed by atoms with Crippen LogP contribution in [0, 0.1) is 11.8 Å². The van der Waals surface area contributed by atoms with E-state index < -0.39 is 0 Å². The first-order valence-electron chi connectivity index (χ1n) is 9.47. The molecule has 0 aliphatic carbocycles. The van der Waals surface area contributed by atoms with Gasteiger partial charge >= 0.3 is 0 Å². The summed E-state index contributed by atoms with van der Waals surface area (Å²) in [6.07, 6.45) is 3.40. The van der Waals surface area contributed by atoms with Crippen LogP contribution < -0.4 is 4.74 Å². The number of pyridine rings is 1. The maximum Gasteiger partial charge on any atom is 0.166 e. The predicted octanol–water partition coefficient (Wildman–Crippen LogP) is 3.10. The summed E-state index contributed by atoms with van der Waals surface area (Å²) in [7, 11) is 3.23. The van der Waals surface area contributed by atoms with Crippen LogP contribution in [-0.2, 0) is 17.9 Å². The third-order valence-corrected chi connectivity index (χ3v) is 5.25. The SMILES string of the molecule is COCc1nnc2n1Cc1c(C#Cc3ccc(OC)cn3)ncn1-c1ccc(Cl)cc1-2. The van der Waals surface area contributed by atoms with Crippen molar-refractivity contribution in [3.63, 3.8) is 0 Å². The van der Waals surface area contributed by atoms with Gasteiger partial charge in [0.1, 0.15) is 30.1 Å². The highest BCUT2D eigenvalue weighted by molar-refractivity contribution is 6.31. The number of ether oxygens (including phenoxy) is 2. The summed E-state index contributed by atoms with van der Waals surface area (Å²) in [6.45, 7) is 0.835. The lowest BCUT2D eigenvalue weighted by atomic mass is 10.1. The average Bonchev–Trinajstić information content (AvgIpc) is 3.34. The summed E-state index contributed by atoms with van der Waals surface area (Å²) in [4.78, 5) is 8.86. The van der Waals surface area contributed by atoms with Gasteiger partial charge in [-0.3, -0.25) is 4.57 Å². The molecule has 1 aliphatic rings. The molecule has 0 fully saturated rings. The van der Waals surface area contributed by atoms with Crippen LogP contribution in [0.3, 0.4) is 0 Å². The predicted molar refractivity (Wildman–Crippen MR) is 114 cm³/mol. The molecule has 5 rings (SSSR count). The molecule has 0 amide bonds. The van der Waals surface area contributed by atoms with Crippen LogP contribution >= 0.6 is 11.6 Å². The van der Waals surface area contributed by atoms with Gasteiger partial charge in [0.05, 0.1) is 31.2 Å². The summed E-state index contributed by atoms with van der Waals surface area (Å²) in [5.41, 5.74) is 3.99. The minimum atomic E-state index is 0.341. The number of fused-ring (bicyclic) bond motifs is 5. The molecular formula is C22H17ClN6O2. The van der Waals surface area contributed by atoms with E-state index in [0.717, 1.165) is 22.8 Å². The molecule has 0 unspecified atom stereocenters. The van der Waals surface area contributed by atoms with Gasteiger partial charge in [-0.05, 0) is 42.2 Å².